The molecule has 15 heteroatoms. The van der Waals surface area contributed by atoms with Crippen molar-refractivity contribution in [3.05, 3.63) is 23.8 Å². The van der Waals surface area contributed by atoms with Gasteiger partial charge in [0, 0.05) is 52.9 Å². The molecule has 2 amide bonds. The summed E-state index contributed by atoms with van der Waals surface area (Å²) >= 11 is 26.4. The van der Waals surface area contributed by atoms with Gasteiger partial charge in [0.25, 0.3) is 5.91 Å². The van der Waals surface area contributed by atoms with Gasteiger partial charge in [-0.15, -0.1) is 0 Å². The molecule has 0 fully saturated rings. The second kappa shape index (κ2) is 15.7. The van der Waals surface area contributed by atoms with Crippen LogP contribution in [0.25, 0.3) is 0 Å². The summed E-state index contributed by atoms with van der Waals surface area (Å²) in [6.07, 6.45) is 0. The maximum Gasteiger partial charge on any atom is 0.251 e. The molecule has 0 bridgehead atoms. The van der Waals surface area contributed by atoms with Crippen molar-refractivity contribution >= 4 is 129 Å². The second-order valence-corrected chi connectivity index (χ2v) is 49.5. The molecule has 2 N–H and O–H groups in total. The average molecular weight is 807 g/mol. The van der Waals surface area contributed by atoms with Crippen LogP contribution in [0.15, 0.2) is 18.2 Å². The van der Waals surface area contributed by atoms with Crippen LogP contribution in [0.3, 0.4) is 0 Å². The van der Waals surface area contributed by atoms with Crippen molar-refractivity contribution in [2.45, 2.75) is 6.92 Å². The fourth-order valence-corrected chi connectivity index (χ4v) is 31.3. The molecule has 0 aliphatic carbocycles. The Balaban J connectivity index is 3.69. The highest BCUT2D eigenvalue weighted by molar-refractivity contribution is 14.2. The van der Waals surface area contributed by atoms with E-state index in [2.05, 4.69) is 91.5 Å². The number of rotatable bonds is 14. The summed E-state index contributed by atoms with van der Waals surface area (Å²) in [4.78, 5) is 24.3. The van der Waals surface area contributed by atoms with Crippen LogP contribution in [0.2, 0.25) is 0 Å². The third kappa shape index (κ3) is 17.2. The topological polar surface area (TPSA) is 58.2 Å². The summed E-state index contributed by atoms with van der Waals surface area (Å²) in [5.74, 6) is 3.82. The van der Waals surface area contributed by atoms with E-state index in [9.17, 15) is 9.59 Å². The standard InChI is InChI=1S/C22H41IN2O2P6S4/c1-18(26)24-11-12-25-22(27)19-9-10-20(28(14-30(2,3)34)15-31(4,5)35)21(13-19)29(16-32(6,7)36)17-33(8,23)37/h9-10,13H,11-12,14-17H2,1-8H3,(H,24,26)(H,25,27). The predicted molar refractivity (Wildman–Crippen MR) is 203 cm³/mol. The van der Waals surface area contributed by atoms with E-state index in [-0.39, 0.29) is 11.8 Å². The summed E-state index contributed by atoms with van der Waals surface area (Å²) in [6, 6.07) is 1.84. The van der Waals surface area contributed by atoms with Crippen molar-refractivity contribution in [3.8, 4) is 0 Å². The number of halogens is 1. The molecule has 4 nitrogen and oxygen atoms in total. The Morgan fingerprint density at radius 3 is 1.59 bits per heavy atom. The SMILES string of the molecule is CC(=O)NCCNC(=O)c1ccc(P(CP(C)(C)=S)CP(C)(C)=S)c(P(CP(C)(C)=S)CP(C)(=S)I)c1. The normalized spacial score (nSPS) is 15.2. The van der Waals surface area contributed by atoms with E-state index in [0.717, 1.165) is 23.6 Å². The zero-order valence-electron chi connectivity index (χ0n) is 23.0. The maximum atomic E-state index is 13.1. The molecule has 2 atom stereocenters. The first kappa shape index (κ1) is 37.4. The molecule has 1 aromatic carbocycles. The van der Waals surface area contributed by atoms with Gasteiger partial charge in [-0.1, -0.05) is 69.1 Å². The Bertz CT molecular complexity index is 1130. The van der Waals surface area contributed by atoms with Crippen molar-refractivity contribution in [2.75, 3.05) is 83.4 Å². The van der Waals surface area contributed by atoms with Gasteiger partial charge in [0.05, 0.1) is 0 Å². The summed E-state index contributed by atoms with van der Waals surface area (Å²) < 4.78 is -1.53. The van der Waals surface area contributed by atoms with E-state index in [1.165, 1.54) is 17.5 Å². The number of carbonyl (C=O) groups excluding carboxylic acids is 2. The van der Waals surface area contributed by atoms with Crippen LogP contribution < -0.4 is 21.2 Å². The quantitative estimate of drug-likeness (QED) is 0.132. The van der Waals surface area contributed by atoms with Crippen molar-refractivity contribution in [3.63, 3.8) is 0 Å². The van der Waals surface area contributed by atoms with Crippen molar-refractivity contribution in [2.24, 2.45) is 0 Å². The van der Waals surface area contributed by atoms with Crippen molar-refractivity contribution in [1.82, 2.24) is 10.6 Å². The minimum Gasteiger partial charge on any atom is -0.355 e. The van der Waals surface area contributed by atoms with Crippen molar-refractivity contribution in [1.29, 1.82) is 0 Å². The molecule has 0 heterocycles. The average Bonchev–Trinajstić information content (AvgIpc) is 2.65. The Hall–Kier alpha value is 2.35. The molecule has 0 aliphatic rings. The fraction of sp³-hybridized carbons (Fsp3) is 0.636. The smallest absolute Gasteiger partial charge is 0.251 e. The fourth-order valence-electron chi connectivity index (χ4n) is 3.63. The van der Waals surface area contributed by atoms with E-state index >= 15 is 0 Å². The zero-order valence-corrected chi connectivity index (χ0v) is 33.8. The van der Waals surface area contributed by atoms with E-state index in [1.807, 2.05) is 6.07 Å². The number of benzene rings is 1. The van der Waals surface area contributed by atoms with Gasteiger partial charge in [-0.05, 0) is 110 Å². The van der Waals surface area contributed by atoms with Gasteiger partial charge >= 0.3 is 0 Å². The number of amides is 2. The molecule has 0 saturated carbocycles. The van der Waals surface area contributed by atoms with Gasteiger partial charge in [0.1, 0.15) is 0 Å². The number of hydrogen-bond donors (Lipinski definition) is 2. The molecule has 2 unspecified atom stereocenters. The summed E-state index contributed by atoms with van der Waals surface area (Å²) in [7, 11) is -1.15. The molecule has 0 aliphatic heterocycles. The monoisotopic (exact) mass is 806 g/mol. The molecular weight excluding hydrogens is 765 g/mol. The third-order valence-electron chi connectivity index (χ3n) is 4.66. The van der Waals surface area contributed by atoms with Crippen LogP contribution in [0.4, 0.5) is 0 Å². The van der Waals surface area contributed by atoms with Crippen LogP contribution in [0, 0.1) is 0 Å². The van der Waals surface area contributed by atoms with Crippen LogP contribution in [-0.2, 0) is 52.0 Å². The van der Waals surface area contributed by atoms with Crippen LogP contribution in [-0.4, -0.2) is 95.2 Å². The Morgan fingerprint density at radius 2 is 1.19 bits per heavy atom. The van der Waals surface area contributed by atoms with Crippen LogP contribution >= 0.6 is 59.7 Å². The molecule has 0 aromatic heterocycles. The Kier molecular flexibility index (Phi) is 15.9. The molecule has 1 aromatic rings. The lowest BCUT2D eigenvalue weighted by Gasteiger charge is -2.32. The highest BCUT2D eigenvalue weighted by Gasteiger charge is 2.29. The maximum absolute atomic E-state index is 13.1. The van der Waals surface area contributed by atoms with Crippen LogP contribution in [0.1, 0.15) is 17.3 Å². The van der Waals surface area contributed by atoms with E-state index in [0.29, 0.717) is 18.7 Å². The number of hydrogen-bond acceptors (Lipinski definition) is 6. The molecule has 0 radical (unpaired) electrons. The van der Waals surface area contributed by atoms with Gasteiger partial charge in [0.15, 0.2) is 0 Å². The first-order valence-electron chi connectivity index (χ1n) is 11.6. The first-order valence-corrected chi connectivity index (χ1v) is 32.9. The summed E-state index contributed by atoms with van der Waals surface area (Å²) in [5, 5.41) is 8.34. The lowest BCUT2D eigenvalue weighted by molar-refractivity contribution is -0.118. The second-order valence-electron chi connectivity index (χ2n) is 10.8. The lowest BCUT2D eigenvalue weighted by atomic mass is 10.2. The molecular formula is C22H41IN2O2P6S4. The first-order chi connectivity index (χ1) is 16.6. The Labute approximate surface area is 261 Å². The molecule has 0 spiro atoms. The van der Waals surface area contributed by atoms with Gasteiger partial charge in [0.2, 0.25) is 5.91 Å². The van der Waals surface area contributed by atoms with Crippen LogP contribution in [0.5, 0.6) is 0 Å². The summed E-state index contributed by atoms with van der Waals surface area (Å²) in [6.45, 7) is 17.9. The number of carbonyl (C=O) groups is 2. The number of nitrogens with one attached hydrogen (secondary N) is 2. The highest BCUT2D eigenvalue weighted by Crippen LogP contribution is 2.65. The van der Waals surface area contributed by atoms with Crippen molar-refractivity contribution < 1.29 is 9.59 Å². The Morgan fingerprint density at radius 1 is 0.757 bits per heavy atom. The molecule has 0 saturated heterocycles. The highest BCUT2D eigenvalue weighted by atomic mass is 127. The van der Waals surface area contributed by atoms with Gasteiger partial charge in [-0.2, -0.15) is 0 Å². The largest absolute Gasteiger partial charge is 0.355 e. The minimum atomic E-state index is -1.53. The van der Waals surface area contributed by atoms with Gasteiger partial charge in [-0.3, -0.25) is 9.59 Å². The van der Waals surface area contributed by atoms with Gasteiger partial charge in [-0.25, -0.2) is 0 Å². The lowest BCUT2D eigenvalue weighted by Crippen LogP contribution is -2.34. The molecule has 37 heavy (non-hydrogen) atoms. The van der Waals surface area contributed by atoms with E-state index < -0.39 is 37.6 Å². The third-order valence-corrected chi connectivity index (χ3v) is 29.5. The summed E-state index contributed by atoms with van der Waals surface area (Å²) in [5.41, 5.74) is 0.655. The molecule has 212 valence electrons. The van der Waals surface area contributed by atoms with Gasteiger partial charge < -0.3 is 10.6 Å². The predicted octanol–water partition coefficient (Wildman–Crippen LogP) is 6.27. The minimum absolute atomic E-state index is 0.108. The van der Waals surface area contributed by atoms with E-state index in [1.54, 1.807) is 0 Å². The zero-order chi connectivity index (χ0) is 28.8. The van der Waals surface area contributed by atoms with E-state index in [4.69, 9.17) is 47.2 Å². The molecule has 1 rings (SSSR count).